The number of carbonyl (C=O) groups excluding carboxylic acids is 2. The molecule has 178 valence electrons. The van der Waals surface area contributed by atoms with Crippen molar-refractivity contribution in [2.75, 3.05) is 4.90 Å². The fourth-order valence-corrected chi connectivity index (χ4v) is 4.67. The van der Waals surface area contributed by atoms with Gasteiger partial charge in [0, 0.05) is 30.5 Å². The highest BCUT2D eigenvalue weighted by Crippen LogP contribution is 2.41. The van der Waals surface area contributed by atoms with Crippen molar-refractivity contribution in [3.8, 4) is 22.5 Å². The van der Waals surface area contributed by atoms with E-state index in [9.17, 15) is 9.59 Å². The fraction of sp³-hybridized carbons (Fsp3) is 0.429. The van der Waals surface area contributed by atoms with Gasteiger partial charge in [0.2, 0.25) is 5.91 Å². The van der Waals surface area contributed by atoms with Crippen LogP contribution in [-0.2, 0) is 22.7 Å². The Hall–Kier alpha value is -3.28. The summed E-state index contributed by atoms with van der Waals surface area (Å²) in [5.74, 6) is 0.364. The zero-order chi connectivity index (χ0) is 23.9. The number of nitrogens with zero attached hydrogens (tertiary/aromatic N) is 4. The molecule has 0 radical (unpaired) electrons. The molecule has 4 rings (SSSR count). The molecule has 1 aliphatic rings. The van der Waals surface area contributed by atoms with Gasteiger partial charge < -0.3 is 9.69 Å². The van der Waals surface area contributed by atoms with Crippen LogP contribution in [0.2, 0.25) is 0 Å². The molecule has 3 aromatic rings. The van der Waals surface area contributed by atoms with E-state index in [4.69, 9.17) is 0 Å². The molecule has 0 unspecified atom stereocenters. The van der Waals surface area contributed by atoms with Crippen molar-refractivity contribution in [2.24, 2.45) is 0 Å². The largest absolute Gasteiger partial charge is 0.307 e. The lowest BCUT2D eigenvalue weighted by Gasteiger charge is -2.29. The number of para-hydroxylation sites is 1. The zero-order valence-corrected chi connectivity index (χ0v) is 20.3. The number of carbonyl (C=O) groups is 2. The Morgan fingerprint density at radius 3 is 2.41 bits per heavy atom. The van der Waals surface area contributed by atoms with E-state index in [1.165, 1.54) is 0 Å². The van der Waals surface area contributed by atoms with Gasteiger partial charge in [-0.05, 0) is 37.8 Å². The lowest BCUT2D eigenvalue weighted by molar-refractivity contribution is -0.119. The van der Waals surface area contributed by atoms with Gasteiger partial charge >= 0.3 is 0 Å². The van der Waals surface area contributed by atoms with E-state index in [-0.39, 0.29) is 11.7 Å². The van der Waals surface area contributed by atoms with Crippen LogP contribution in [-0.4, -0.2) is 26.7 Å². The molecule has 6 nitrogen and oxygen atoms in total. The third-order valence-corrected chi connectivity index (χ3v) is 6.48. The number of fused-ring (bicyclic) bond motifs is 5. The minimum atomic E-state index is 0.155. The van der Waals surface area contributed by atoms with Crippen molar-refractivity contribution < 1.29 is 9.59 Å². The monoisotopic (exact) mass is 458 g/mol. The molecule has 2 heterocycles. The Bertz CT molecular complexity index is 1150. The van der Waals surface area contributed by atoms with E-state index in [0.717, 1.165) is 72.3 Å². The van der Waals surface area contributed by atoms with Gasteiger partial charge in [-0.1, -0.05) is 73.9 Å². The molecule has 0 fully saturated rings. The fourth-order valence-electron chi connectivity index (χ4n) is 4.67. The molecular formula is C28H34N4O2. The molecule has 0 spiro atoms. The topological polar surface area (TPSA) is 68.1 Å². The maximum Gasteiger partial charge on any atom is 0.227 e. The molecule has 0 N–H and O–H groups in total. The summed E-state index contributed by atoms with van der Waals surface area (Å²) in [7, 11) is 0. The second kappa shape index (κ2) is 11.2. The number of hydrogen-bond donors (Lipinski definition) is 0. The third kappa shape index (κ3) is 5.27. The number of hydrogen-bond acceptors (Lipinski definition) is 4. The van der Waals surface area contributed by atoms with Crippen LogP contribution in [0.15, 0.2) is 48.5 Å². The molecule has 0 saturated heterocycles. The van der Waals surface area contributed by atoms with Gasteiger partial charge in [0.15, 0.2) is 0 Å². The predicted molar refractivity (Wildman–Crippen MR) is 135 cm³/mol. The number of amides is 1. The molecule has 0 saturated carbocycles. The van der Waals surface area contributed by atoms with Crippen molar-refractivity contribution in [3.63, 3.8) is 0 Å². The SMILES string of the molecule is CCCCCCC(=O)N1Cc2ccccc2-c2nnn(CCCCC(C)=O)c2-c2ccccc21. The summed E-state index contributed by atoms with van der Waals surface area (Å²) < 4.78 is 1.94. The van der Waals surface area contributed by atoms with Crippen LogP contribution in [0.25, 0.3) is 22.5 Å². The molecule has 1 aromatic heterocycles. The number of aromatic nitrogens is 3. The normalized spacial score (nSPS) is 12.4. The maximum absolute atomic E-state index is 13.5. The Balaban J connectivity index is 1.74. The first-order chi connectivity index (χ1) is 16.6. The van der Waals surface area contributed by atoms with Gasteiger partial charge in [-0.2, -0.15) is 0 Å². The number of ketones is 1. The van der Waals surface area contributed by atoms with Crippen molar-refractivity contribution in [1.82, 2.24) is 15.0 Å². The number of rotatable bonds is 10. The molecule has 34 heavy (non-hydrogen) atoms. The van der Waals surface area contributed by atoms with E-state index in [2.05, 4.69) is 35.4 Å². The number of aryl methyl sites for hydroxylation is 1. The van der Waals surface area contributed by atoms with Crippen LogP contribution < -0.4 is 4.90 Å². The lowest BCUT2D eigenvalue weighted by atomic mass is 9.95. The Morgan fingerprint density at radius 2 is 1.62 bits per heavy atom. The number of Topliss-reactive ketones (excluding diaryl/α,β-unsaturated/α-hetero) is 1. The van der Waals surface area contributed by atoms with E-state index >= 15 is 0 Å². The van der Waals surface area contributed by atoms with Gasteiger partial charge in [0.05, 0.1) is 17.9 Å². The smallest absolute Gasteiger partial charge is 0.227 e. The summed E-state index contributed by atoms with van der Waals surface area (Å²) in [6.45, 7) is 5.01. The molecule has 2 aromatic carbocycles. The van der Waals surface area contributed by atoms with Gasteiger partial charge in [-0.3, -0.25) is 4.79 Å². The number of anilines is 1. The van der Waals surface area contributed by atoms with E-state index in [1.54, 1.807) is 6.92 Å². The van der Waals surface area contributed by atoms with Crippen molar-refractivity contribution in [2.45, 2.75) is 78.3 Å². The second-order valence-corrected chi connectivity index (χ2v) is 9.13. The third-order valence-electron chi connectivity index (χ3n) is 6.48. The number of benzene rings is 2. The summed E-state index contributed by atoms with van der Waals surface area (Å²) >= 11 is 0. The minimum absolute atomic E-state index is 0.155. The summed E-state index contributed by atoms with van der Waals surface area (Å²) in [6, 6.07) is 16.3. The molecule has 6 heteroatoms. The van der Waals surface area contributed by atoms with Crippen LogP contribution in [0.1, 0.15) is 70.8 Å². The average molecular weight is 459 g/mol. The molecule has 1 amide bonds. The van der Waals surface area contributed by atoms with Gasteiger partial charge in [0.25, 0.3) is 0 Å². The van der Waals surface area contributed by atoms with Crippen LogP contribution in [0.4, 0.5) is 5.69 Å². The average Bonchev–Trinajstić information content (AvgIpc) is 3.25. The molecule has 0 bridgehead atoms. The van der Waals surface area contributed by atoms with Crippen LogP contribution in [0.5, 0.6) is 0 Å². The highest BCUT2D eigenvalue weighted by atomic mass is 16.2. The first-order valence-corrected chi connectivity index (χ1v) is 12.5. The Labute approximate surface area is 202 Å². The van der Waals surface area contributed by atoms with Gasteiger partial charge in [-0.25, -0.2) is 4.68 Å². The molecule has 0 aliphatic carbocycles. The highest BCUT2D eigenvalue weighted by Gasteiger charge is 2.28. The maximum atomic E-state index is 13.5. The second-order valence-electron chi connectivity index (χ2n) is 9.13. The van der Waals surface area contributed by atoms with Crippen LogP contribution in [0, 0.1) is 0 Å². The molecular weight excluding hydrogens is 424 g/mol. The summed E-state index contributed by atoms with van der Waals surface area (Å²) in [4.78, 5) is 26.8. The van der Waals surface area contributed by atoms with E-state index < -0.39 is 0 Å². The van der Waals surface area contributed by atoms with E-state index in [1.807, 2.05) is 39.9 Å². The van der Waals surface area contributed by atoms with Gasteiger partial charge in [-0.15, -0.1) is 5.10 Å². The van der Waals surface area contributed by atoms with Crippen LogP contribution in [0.3, 0.4) is 0 Å². The summed E-state index contributed by atoms with van der Waals surface area (Å²) in [5.41, 5.74) is 5.77. The number of unbranched alkanes of at least 4 members (excludes halogenated alkanes) is 4. The van der Waals surface area contributed by atoms with Crippen LogP contribution >= 0.6 is 0 Å². The summed E-state index contributed by atoms with van der Waals surface area (Å²) in [5, 5.41) is 9.11. The molecule has 0 atom stereocenters. The first-order valence-electron chi connectivity index (χ1n) is 12.5. The standard InChI is InChI=1S/C28H34N4O2/c1-3-4-5-6-18-26(34)31-20-22-14-7-8-15-23(22)27-28(24-16-9-10-17-25(24)31)32(30-29-27)19-12-11-13-21(2)33/h7-10,14-17H,3-6,11-13,18-20H2,1-2H3. The Morgan fingerprint density at radius 1 is 0.882 bits per heavy atom. The quantitative estimate of drug-likeness (QED) is 0.340. The van der Waals surface area contributed by atoms with Crippen molar-refractivity contribution in [3.05, 3.63) is 54.1 Å². The Kier molecular flexibility index (Phi) is 7.88. The van der Waals surface area contributed by atoms with Crippen molar-refractivity contribution >= 4 is 17.4 Å². The highest BCUT2D eigenvalue weighted by molar-refractivity contribution is 6.00. The zero-order valence-electron chi connectivity index (χ0n) is 20.3. The first kappa shape index (κ1) is 23.9. The van der Waals surface area contributed by atoms with Crippen molar-refractivity contribution in [1.29, 1.82) is 0 Å². The minimum Gasteiger partial charge on any atom is -0.307 e. The summed E-state index contributed by atoms with van der Waals surface area (Å²) in [6.07, 6.45) is 7.10. The predicted octanol–water partition coefficient (Wildman–Crippen LogP) is 6.19. The van der Waals surface area contributed by atoms with E-state index in [0.29, 0.717) is 25.9 Å². The van der Waals surface area contributed by atoms with Gasteiger partial charge in [0.1, 0.15) is 11.5 Å². The lowest BCUT2D eigenvalue weighted by Crippen LogP contribution is -2.31. The molecule has 1 aliphatic heterocycles.